The number of hydrogen-bond acceptors (Lipinski definition) is 8. The van der Waals surface area contributed by atoms with E-state index < -0.39 is 0 Å². The first-order chi connectivity index (χ1) is 14.7. The molecule has 3 aromatic rings. The zero-order valence-corrected chi connectivity index (χ0v) is 19.4. The van der Waals surface area contributed by atoms with Crippen molar-refractivity contribution >= 4 is 55.8 Å². The van der Waals surface area contributed by atoms with Gasteiger partial charge in [-0.2, -0.15) is 4.98 Å². The first kappa shape index (κ1) is 21.3. The van der Waals surface area contributed by atoms with Crippen molar-refractivity contribution in [3.63, 3.8) is 0 Å². The molecule has 10 heteroatoms. The fourth-order valence-corrected chi connectivity index (χ4v) is 5.90. The van der Waals surface area contributed by atoms with Crippen molar-refractivity contribution in [3.05, 3.63) is 32.7 Å². The number of nitrogens with zero attached hydrogens (tertiary/aromatic N) is 4. The lowest BCUT2D eigenvalue weighted by molar-refractivity contribution is -0.118. The van der Waals surface area contributed by atoms with E-state index >= 15 is 0 Å². The third kappa shape index (κ3) is 4.87. The molecule has 1 saturated heterocycles. The number of thioether (sulfide) groups is 1. The number of aromatic nitrogens is 3. The van der Waals surface area contributed by atoms with Gasteiger partial charge in [-0.15, -0.1) is 11.3 Å². The minimum atomic E-state index is -0.0712. The van der Waals surface area contributed by atoms with E-state index in [2.05, 4.69) is 20.2 Å². The molecule has 0 bridgehead atoms. The highest BCUT2D eigenvalue weighted by atomic mass is 32.2. The maximum atomic E-state index is 13.1. The third-order valence-corrected chi connectivity index (χ3v) is 7.86. The van der Waals surface area contributed by atoms with Gasteiger partial charge in [-0.1, -0.05) is 36.1 Å². The fraction of sp³-hybridized carbons (Fsp3) is 0.500. The monoisotopic (exact) mass is 463 g/mol. The van der Waals surface area contributed by atoms with Crippen LogP contribution in [0.1, 0.15) is 37.5 Å². The highest BCUT2D eigenvalue weighted by molar-refractivity contribution is 7.99. The average molecular weight is 464 g/mol. The second kappa shape index (κ2) is 9.93. The van der Waals surface area contributed by atoms with Gasteiger partial charge in [0.05, 0.1) is 12.3 Å². The van der Waals surface area contributed by atoms with Gasteiger partial charge < -0.3 is 10.2 Å². The molecule has 0 aliphatic carbocycles. The summed E-state index contributed by atoms with van der Waals surface area (Å²) < 4.78 is 2.30. The Morgan fingerprint density at radius 2 is 2.10 bits per heavy atom. The molecule has 1 fully saturated rings. The highest BCUT2D eigenvalue weighted by Crippen LogP contribution is 2.29. The van der Waals surface area contributed by atoms with Crippen LogP contribution in [0.5, 0.6) is 0 Å². The minimum Gasteiger partial charge on any atom is -0.350 e. The summed E-state index contributed by atoms with van der Waals surface area (Å²) in [6, 6.07) is 3.96. The predicted molar refractivity (Wildman–Crippen MR) is 125 cm³/mol. The van der Waals surface area contributed by atoms with Gasteiger partial charge in [-0.25, -0.2) is 4.98 Å². The average Bonchev–Trinajstić information content (AvgIpc) is 3.44. The lowest BCUT2D eigenvalue weighted by atomic mass is 10.1. The van der Waals surface area contributed by atoms with E-state index in [1.165, 1.54) is 29.5 Å². The lowest BCUT2D eigenvalue weighted by Crippen LogP contribution is -2.29. The molecule has 4 heterocycles. The van der Waals surface area contributed by atoms with Crippen LogP contribution in [0.15, 0.2) is 27.5 Å². The summed E-state index contributed by atoms with van der Waals surface area (Å²) in [5.74, 6) is 0.147. The third-order valence-electron chi connectivity index (χ3n) is 4.92. The number of thiophene rings is 1. The molecule has 7 nitrogen and oxygen atoms in total. The quantitative estimate of drug-likeness (QED) is 0.405. The first-order valence-corrected chi connectivity index (χ1v) is 12.9. The van der Waals surface area contributed by atoms with Crippen LogP contribution in [0, 0.1) is 0 Å². The summed E-state index contributed by atoms with van der Waals surface area (Å²) in [6.07, 6.45) is 4.39. The van der Waals surface area contributed by atoms with Crippen molar-refractivity contribution in [2.24, 2.45) is 0 Å². The molecule has 0 aromatic carbocycles. The van der Waals surface area contributed by atoms with E-state index in [4.69, 9.17) is 0 Å². The molecule has 0 radical (unpaired) electrons. The van der Waals surface area contributed by atoms with Crippen molar-refractivity contribution in [1.29, 1.82) is 0 Å². The Morgan fingerprint density at radius 3 is 2.83 bits per heavy atom. The summed E-state index contributed by atoms with van der Waals surface area (Å²) in [7, 11) is 0. The largest absolute Gasteiger partial charge is 0.350 e. The van der Waals surface area contributed by atoms with Crippen LogP contribution < -0.4 is 15.8 Å². The van der Waals surface area contributed by atoms with Gasteiger partial charge in [0, 0.05) is 24.5 Å². The van der Waals surface area contributed by atoms with Gasteiger partial charge in [-0.05, 0) is 37.1 Å². The zero-order chi connectivity index (χ0) is 20.9. The van der Waals surface area contributed by atoms with Crippen LogP contribution >= 0.6 is 34.4 Å². The highest BCUT2D eigenvalue weighted by Gasteiger charge is 2.20. The first-order valence-electron chi connectivity index (χ1n) is 10.2. The van der Waals surface area contributed by atoms with Crippen LogP contribution in [0.25, 0.3) is 10.3 Å². The molecule has 1 aliphatic heterocycles. The number of thiazole rings is 1. The van der Waals surface area contributed by atoms with Crippen molar-refractivity contribution in [1.82, 2.24) is 19.9 Å². The molecular weight excluding hydrogens is 438 g/mol. The van der Waals surface area contributed by atoms with Crippen molar-refractivity contribution < 1.29 is 4.79 Å². The molecular formula is C20H25N5O2S3. The molecule has 30 heavy (non-hydrogen) atoms. The number of piperidine rings is 1. The van der Waals surface area contributed by atoms with E-state index in [-0.39, 0.29) is 17.2 Å². The molecule has 1 aliphatic rings. The maximum absolute atomic E-state index is 13.1. The van der Waals surface area contributed by atoms with E-state index in [1.807, 2.05) is 24.4 Å². The molecule has 0 spiro atoms. The van der Waals surface area contributed by atoms with Crippen LogP contribution in [0.3, 0.4) is 0 Å². The Bertz CT molecular complexity index is 1050. The molecule has 0 unspecified atom stereocenters. The second-order valence-corrected chi connectivity index (χ2v) is 10.1. The van der Waals surface area contributed by atoms with Crippen LogP contribution in [0.4, 0.5) is 5.13 Å². The van der Waals surface area contributed by atoms with Crippen molar-refractivity contribution in [3.8, 4) is 0 Å². The Kier molecular flexibility index (Phi) is 7.06. The van der Waals surface area contributed by atoms with Gasteiger partial charge in [0.25, 0.3) is 5.56 Å². The summed E-state index contributed by atoms with van der Waals surface area (Å²) in [5.41, 5.74) is 0.448. The summed E-state index contributed by atoms with van der Waals surface area (Å²) in [5, 5.41) is 6.36. The molecule has 0 saturated carbocycles. The van der Waals surface area contributed by atoms with E-state index in [1.54, 1.807) is 15.9 Å². The summed E-state index contributed by atoms with van der Waals surface area (Å²) in [4.78, 5) is 38.1. The van der Waals surface area contributed by atoms with Gasteiger partial charge in [-0.3, -0.25) is 14.2 Å². The molecule has 1 amide bonds. The number of amides is 1. The Balaban J connectivity index is 1.52. The molecule has 0 atom stereocenters. The molecule has 160 valence electrons. The number of carbonyl (C=O) groups excluding carboxylic acids is 1. The Labute approximate surface area is 187 Å². The fourth-order valence-electron chi connectivity index (χ4n) is 3.41. The van der Waals surface area contributed by atoms with Gasteiger partial charge in [0.15, 0.2) is 15.9 Å². The lowest BCUT2D eigenvalue weighted by Gasteiger charge is -2.25. The van der Waals surface area contributed by atoms with Gasteiger partial charge >= 0.3 is 0 Å². The van der Waals surface area contributed by atoms with E-state index in [9.17, 15) is 9.59 Å². The van der Waals surface area contributed by atoms with Crippen LogP contribution in [-0.2, 0) is 17.9 Å². The summed E-state index contributed by atoms with van der Waals surface area (Å²) in [6.45, 7) is 5.10. The number of anilines is 1. The zero-order valence-electron chi connectivity index (χ0n) is 16.9. The smallest absolute Gasteiger partial charge is 0.273 e. The number of hydrogen-bond donors (Lipinski definition) is 1. The molecule has 1 N–H and O–H groups in total. The second-order valence-electron chi connectivity index (χ2n) is 7.19. The van der Waals surface area contributed by atoms with Gasteiger partial charge in [0.2, 0.25) is 5.91 Å². The van der Waals surface area contributed by atoms with Gasteiger partial charge in [0.1, 0.15) is 4.70 Å². The van der Waals surface area contributed by atoms with Crippen molar-refractivity contribution in [2.45, 2.75) is 50.9 Å². The maximum Gasteiger partial charge on any atom is 0.273 e. The SMILES string of the molecule is CCCn1c(SCC(=O)NCc2cccs2)nc2nc(N3CCCCC3)sc2c1=O. The topological polar surface area (TPSA) is 80.1 Å². The Hall–Kier alpha value is -1.91. The molecule has 4 rings (SSSR count). The predicted octanol–water partition coefficient (Wildman–Crippen LogP) is 3.72. The Morgan fingerprint density at radius 1 is 1.27 bits per heavy atom. The molecule has 3 aromatic heterocycles. The number of nitrogens with one attached hydrogen (secondary N) is 1. The number of fused-ring (bicyclic) bond motifs is 1. The number of rotatable bonds is 8. The van der Waals surface area contributed by atoms with E-state index in [0.717, 1.165) is 42.4 Å². The van der Waals surface area contributed by atoms with E-state index in [0.29, 0.717) is 28.6 Å². The normalized spacial score (nSPS) is 14.4. The minimum absolute atomic E-state index is 0.0518. The van der Waals surface area contributed by atoms with Crippen molar-refractivity contribution in [2.75, 3.05) is 23.7 Å². The van der Waals surface area contributed by atoms with Crippen LogP contribution in [-0.4, -0.2) is 39.3 Å². The van der Waals surface area contributed by atoms with Crippen LogP contribution in [0.2, 0.25) is 0 Å². The summed E-state index contributed by atoms with van der Waals surface area (Å²) >= 11 is 4.36. The number of carbonyl (C=O) groups is 1. The standard InChI is InChI=1S/C20H25N5O2S3/c1-2-8-25-18(27)16-17(22-19(30-16)24-9-4-3-5-10-24)23-20(25)29-13-15(26)21-12-14-7-6-11-28-14/h6-7,11H,2-5,8-10,12-13H2,1H3,(H,21,26).